The number of nitrogens with zero attached hydrogens (tertiary/aromatic N) is 2. The third-order valence-electron chi connectivity index (χ3n) is 6.12. The molecule has 10 nitrogen and oxygen atoms in total. The number of aliphatic hydroxyl groups is 2. The second-order valence-corrected chi connectivity index (χ2v) is 10.2. The van der Waals surface area contributed by atoms with Crippen LogP contribution in [-0.4, -0.2) is 80.6 Å². The van der Waals surface area contributed by atoms with E-state index in [0.29, 0.717) is 35.6 Å². The number of carbonyl (C=O) groups excluding carboxylic acids is 2. The highest BCUT2D eigenvalue weighted by Gasteiger charge is 2.46. The second-order valence-electron chi connectivity index (χ2n) is 8.42. The Balaban J connectivity index is 1.72. The van der Waals surface area contributed by atoms with Crippen LogP contribution < -0.4 is 10.0 Å². The van der Waals surface area contributed by atoms with Gasteiger partial charge >= 0.3 is 0 Å². The SMILES string of the molecule is CN1C(=O)C2=C(c3ccc(S(=O)(=O)NCCO)cc3)N(C)C(=O)C2=C1c1ccc(CNCCO)cc1. The lowest BCUT2D eigenvalue weighted by atomic mass is 10.0. The van der Waals surface area contributed by atoms with Crippen molar-refractivity contribution >= 4 is 33.2 Å². The van der Waals surface area contributed by atoms with Gasteiger partial charge in [-0.1, -0.05) is 36.4 Å². The monoisotopic (exact) mass is 512 g/mol. The molecular formula is C25H28N4O6S. The van der Waals surface area contributed by atoms with Gasteiger partial charge in [0.25, 0.3) is 11.8 Å². The molecule has 0 unspecified atom stereocenters. The van der Waals surface area contributed by atoms with Crippen molar-refractivity contribution in [1.29, 1.82) is 0 Å². The fraction of sp³-hybridized carbons (Fsp3) is 0.280. The van der Waals surface area contributed by atoms with E-state index in [0.717, 1.165) is 11.1 Å². The number of benzene rings is 2. The van der Waals surface area contributed by atoms with E-state index in [1.54, 1.807) is 26.2 Å². The number of nitrogens with one attached hydrogen (secondary N) is 2. The Kier molecular flexibility index (Phi) is 7.38. The number of rotatable bonds is 10. The lowest BCUT2D eigenvalue weighted by Crippen LogP contribution is -2.27. The van der Waals surface area contributed by atoms with Gasteiger partial charge in [0.05, 0.1) is 40.6 Å². The molecule has 0 aliphatic carbocycles. The standard InChI is InChI=1S/C25H28N4O6S/c1-28-22(17-5-3-16(4-6-17)15-26-11-13-30)20-21(25(28)33)23(29(2)24(20)32)18-7-9-19(10-8-18)36(34,35)27-12-14-31/h3-10,26-27,30-31H,11-15H2,1-2H3. The van der Waals surface area contributed by atoms with Crippen molar-refractivity contribution in [2.45, 2.75) is 11.4 Å². The highest BCUT2D eigenvalue weighted by Crippen LogP contribution is 2.45. The van der Waals surface area contributed by atoms with Gasteiger partial charge in [-0.3, -0.25) is 9.59 Å². The van der Waals surface area contributed by atoms with E-state index in [-0.39, 0.29) is 42.0 Å². The maximum atomic E-state index is 13.3. The van der Waals surface area contributed by atoms with Crippen LogP contribution in [0, 0.1) is 0 Å². The first-order valence-electron chi connectivity index (χ1n) is 11.4. The fourth-order valence-corrected chi connectivity index (χ4v) is 5.37. The molecule has 190 valence electrons. The van der Waals surface area contributed by atoms with Crippen molar-refractivity contribution < 1.29 is 28.2 Å². The van der Waals surface area contributed by atoms with Crippen LogP contribution in [0.25, 0.3) is 11.4 Å². The summed E-state index contributed by atoms with van der Waals surface area (Å²) < 4.78 is 27.0. The molecule has 11 heteroatoms. The average Bonchev–Trinajstić information content (AvgIpc) is 3.28. The van der Waals surface area contributed by atoms with E-state index in [4.69, 9.17) is 10.2 Å². The zero-order valence-corrected chi connectivity index (χ0v) is 20.8. The Morgan fingerprint density at radius 3 is 1.69 bits per heavy atom. The summed E-state index contributed by atoms with van der Waals surface area (Å²) in [5.41, 5.74) is 3.78. The molecule has 0 atom stereocenters. The topological polar surface area (TPSA) is 139 Å². The number of hydrogen-bond donors (Lipinski definition) is 4. The molecule has 2 heterocycles. The fourth-order valence-electron chi connectivity index (χ4n) is 4.35. The van der Waals surface area contributed by atoms with Gasteiger partial charge in [-0.25, -0.2) is 13.1 Å². The van der Waals surface area contributed by atoms with E-state index in [1.165, 1.54) is 21.9 Å². The van der Waals surface area contributed by atoms with Gasteiger partial charge in [0, 0.05) is 33.7 Å². The van der Waals surface area contributed by atoms with Gasteiger partial charge in [0.2, 0.25) is 10.0 Å². The number of hydrogen-bond acceptors (Lipinski definition) is 7. The van der Waals surface area contributed by atoms with E-state index in [2.05, 4.69) is 10.0 Å². The molecule has 2 aromatic carbocycles. The van der Waals surface area contributed by atoms with Gasteiger partial charge in [-0.15, -0.1) is 0 Å². The Hall–Kier alpha value is -3.35. The first kappa shape index (κ1) is 25.7. The molecule has 2 amide bonds. The van der Waals surface area contributed by atoms with Crippen molar-refractivity contribution in [3.63, 3.8) is 0 Å². The summed E-state index contributed by atoms with van der Waals surface area (Å²) in [6.07, 6.45) is 0. The van der Waals surface area contributed by atoms with Crippen LogP contribution in [0.2, 0.25) is 0 Å². The predicted molar refractivity (Wildman–Crippen MR) is 133 cm³/mol. The van der Waals surface area contributed by atoms with E-state index in [9.17, 15) is 18.0 Å². The summed E-state index contributed by atoms with van der Waals surface area (Å²) in [6, 6.07) is 13.4. The third-order valence-corrected chi connectivity index (χ3v) is 7.60. The molecule has 2 aromatic rings. The Morgan fingerprint density at radius 1 is 0.750 bits per heavy atom. The van der Waals surface area contributed by atoms with Crippen molar-refractivity contribution in [3.8, 4) is 0 Å². The van der Waals surface area contributed by atoms with Crippen molar-refractivity contribution in [2.75, 3.05) is 40.4 Å². The number of amides is 2. The van der Waals surface area contributed by atoms with Crippen LogP contribution >= 0.6 is 0 Å². The molecule has 4 N–H and O–H groups in total. The Labute approximate surface area is 209 Å². The Bertz CT molecular complexity index is 1350. The maximum absolute atomic E-state index is 13.3. The molecule has 2 aliphatic rings. The molecule has 0 fully saturated rings. The molecule has 0 spiro atoms. The number of sulfonamides is 1. The van der Waals surface area contributed by atoms with Crippen molar-refractivity contribution in [1.82, 2.24) is 19.8 Å². The van der Waals surface area contributed by atoms with Gasteiger partial charge in [0.15, 0.2) is 0 Å². The lowest BCUT2D eigenvalue weighted by molar-refractivity contribution is -0.123. The predicted octanol–water partition coefficient (Wildman–Crippen LogP) is 0.106. The zero-order valence-electron chi connectivity index (χ0n) is 20.0. The second kappa shape index (κ2) is 10.3. The molecule has 36 heavy (non-hydrogen) atoms. The number of carbonyl (C=O) groups is 2. The molecule has 0 saturated heterocycles. The van der Waals surface area contributed by atoms with E-state index >= 15 is 0 Å². The van der Waals surface area contributed by atoms with Gasteiger partial charge in [-0.05, 0) is 28.8 Å². The molecule has 4 rings (SSSR count). The van der Waals surface area contributed by atoms with E-state index in [1.807, 2.05) is 24.3 Å². The van der Waals surface area contributed by atoms with Crippen LogP contribution in [0.3, 0.4) is 0 Å². The minimum Gasteiger partial charge on any atom is -0.395 e. The highest BCUT2D eigenvalue weighted by molar-refractivity contribution is 7.89. The molecule has 2 aliphatic heterocycles. The largest absolute Gasteiger partial charge is 0.395 e. The van der Waals surface area contributed by atoms with Gasteiger partial charge < -0.3 is 25.3 Å². The van der Waals surface area contributed by atoms with Crippen LogP contribution in [0.1, 0.15) is 16.7 Å². The average molecular weight is 513 g/mol. The van der Waals surface area contributed by atoms with E-state index < -0.39 is 10.0 Å². The maximum Gasteiger partial charge on any atom is 0.261 e. The third kappa shape index (κ3) is 4.59. The van der Waals surface area contributed by atoms with Crippen LogP contribution in [0.15, 0.2) is 64.6 Å². The molecule has 0 radical (unpaired) electrons. The first-order valence-corrected chi connectivity index (χ1v) is 12.9. The minimum absolute atomic E-state index is 0.0113. The lowest BCUT2D eigenvalue weighted by Gasteiger charge is -2.20. The van der Waals surface area contributed by atoms with Gasteiger partial charge in [0.1, 0.15) is 0 Å². The minimum atomic E-state index is -3.79. The summed E-state index contributed by atoms with van der Waals surface area (Å²) in [4.78, 5) is 29.5. The number of likely N-dealkylation sites (N-methyl/N-ethyl adjacent to an activating group) is 2. The molecule has 0 saturated carbocycles. The number of fused-ring (bicyclic) bond motifs is 1. The molecule has 0 bridgehead atoms. The van der Waals surface area contributed by atoms with Crippen LogP contribution in [0.4, 0.5) is 0 Å². The summed E-state index contributed by atoms with van der Waals surface area (Å²) in [5.74, 6) is -0.634. The summed E-state index contributed by atoms with van der Waals surface area (Å²) in [7, 11) is -0.575. The summed E-state index contributed by atoms with van der Waals surface area (Å²) >= 11 is 0. The van der Waals surface area contributed by atoms with Crippen LogP contribution in [-0.2, 0) is 26.2 Å². The zero-order chi connectivity index (χ0) is 26.0. The smallest absolute Gasteiger partial charge is 0.261 e. The summed E-state index contributed by atoms with van der Waals surface area (Å²) in [6.45, 7) is 0.691. The molecule has 0 aromatic heterocycles. The van der Waals surface area contributed by atoms with Crippen molar-refractivity contribution in [2.24, 2.45) is 0 Å². The summed E-state index contributed by atoms with van der Waals surface area (Å²) in [5, 5.41) is 20.9. The van der Waals surface area contributed by atoms with Crippen LogP contribution in [0.5, 0.6) is 0 Å². The quantitative estimate of drug-likeness (QED) is 0.331. The normalized spacial score (nSPS) is 16.0. The Morgan fingerprint density at radius 2 is 1.22 bits per heavy atom. The molecular weight excluding hydrogens is 484 g/mol. The number of aliphatic hydroxyl groups excluding tert-OH is 2. The van der Waals surface area contributed by atoms with Crippen molar-refractivity contribution in [3.05, 3.63) is 76.4 Å². The highest BCUT2D eigenvalue weighted by atomic mass is 32.2. The van der Waals surface area contributed by atoms with Gasteiger partial charge in [-0.2, -0.15) is 0 Å². The first-order chi connectivity index (χ1) is 17.2.